The Morgan fingerprint density at radius 3 is 0.843 bits per heavy atom. The molecular formula is C114H132N2O6S5. The molecule has 0 amide bonds. The highest BCUT2D eigenvalue weighted by Crippen LogP contribution is 2.59. The molecule has 0 aliphatic heterocycles. The summed E-state index contributed by atoms with van der Waals surface area (Å²) >= 11 is 8.86. The number of fused-ring (bicyclic) bond motifs is 7. The molecule has 5 aromatic heterocycles. The molecule has 13 heteroatoms. The summed E-state index contributed by atoms with van der Waals surface area (Å²) in [5, 5.41) is 0. The van der Waals surface area contributed by atoms with Gasteiger partial charge in [-0.05, 0) is 275 Å². The molecule has 8 nitrogen and oxygen atoms in total. The van der Waals surface area contributed by atoms with Crippen molar-refractivity contribution in [3.05, 3.63) is 255 Å². The van der Waals surface area contributed by atoms with E-state index >= 15 is 0 Å². The topological polar surface area (TPSA) is 96.8 Å². The number of esters is 2. The minimum Gasteiger partial charge on any atom is -0.494 e. The van der Waals surface area contributed by atoms with E-state index < -0.39 is 12.2 Å². The lowest BCUT2D eigenvalue weighted by Crippen LogP contribution is -2.25. The molecule has 12 aromatic rings. The Hall–Kier alpha value is -9.34. The maximum Gasteiger partial charge on any atom is 0.306 e. The van der Waals surface area contributed by atoms with Gasteiger partial charge in [-0.25, -0.2) is 0 Å². The van der Waals surface area contributed by atoms with Crippen LogP contribution in [0.3, 0.4) is 0 Å². The Labute approximate surface area is 778 Å². The minimum atomic E-state index is -0.397. The zero-order valence-electron chi connectivity index (χ0n) is 75.9. The summed E-state index contributed by atoms with van der Waals surface area (Å²) in [4.78, 5) is 34.2. The number of thiophene rings is 4. The first-order valence-corrected chi connectivity index (χ1v) is 52.0. The molecule has 0 N–H and O–H groups in total. The van der Waals surface area contributed by atoms with E-state index in [1.54, 1.807) is 24.3 Å². The Morgan fingerprint density at radius 2 is 0.551 bits per heavy atom. The van der Waals surface area contributed by atoms with Crippen LogP contribution in [0.15, 0.2) is 233 Å². The predicted molar refractivity (Wildman–Crippen MR) is 545 cm³/mol. The van der Waals surface area contributed by atoms with Crippen LogP contribution in [0.2, 0.25) is 0 Å². The number of rotatable bonds is 56. The summed E-state index contributed by atoms with van der Waals surface area (Å²) in [6, 6.07) is 70.5. The normalized spacial score (nSPS) is 12.8. The van der Waals surface area contributed by atoms with Crippen molar-refractivity contribution in [1.29, 1.82) is 0 Å². The minimum absolute atomic E-state index is 0.0827. The van der Waals surface area contributed by atoms with E-state index in [1.807, 2.05) is 45.3 Å². The number of carbonyl (C=O) groups is 2. The van der Waals surface area contributed by atoms with Gasteiger partial charge in [0.1, 0.15) is 34.7 Å². The molecule has 5 heterocycles. The molecule has 0 unspecified atom stereocenters. The molecule has 0 spiro atoms. The highest BCUT2D eigenvalue weighted by Gasteiger charge is 2.45. The Bertz CT molecular complexity index is 5220. The van der Waals surface area contributed by atoms with Gasteiger partial charge >= 0.3 is 11.9 Å². The fraction of sp³-hybridized carbons (Fsp3) is 0.404. The molecular weight excluding hydrogens is 1650 g/mol. The van der Waals surface area contributed by atoms with Gasteiger partial charge in [-0.15, -0.1) is 45.3 Å². The van der Waals surface area contributed by atoms with Gasteiger partial charge in [0.15, 0.2) is 0 Å². The van der Waals surface area contributed by atoms with E-state index in [-0.39, 0.29) is 22.8 Å². The highest BCUT2D eigenvalue weighted by atomic mass is 32.1. The van der Waals surface area contributed by atoms with Crippen molar-refractivity contribution in [3.8, 4) is 117 Å². The van der Waals surface area contributed by atoms with Gasteiger partial charge in [0, 0.05) is 73.8 Å². The molecule has 127 heavy (non-hydrogen) atoms. The second-order valence-corrected chi connectivity index (χ2v) is 40.1. The fourth-order valence-electron chi connectivity index (χ4n) is 19.3. The molecule has 0 saturated carbocycles. The molecule has 0 fully saturated rings. The smallest absolute Gasteiger partial charge is 0.306 e. The third kappa shape index (κ3) is 23.5. The molecule has 14 rings (SSSR count). The molecule has 2 aliphatic carbocycles. The van der Waals surface area contributed by atoms with Crippen molar-refractivity contribution in [2.75, 3.05) is 13.2 Å². The highest BCUT2D eigenvalue weighted by molar-refractivity contribution is 7.20. The zero-order chi connectivity index (χ0) is 88.2. The summed E-state index contributed by atoms with van der Waals surface area (Å²) in [7, 11) is 0. The summed E-state index contributed by atoms with van der Waals surface area (Å²) in [5.74, 6) is 1.52. The van der Waals surface area contributed by atoms with Crippen LogP contribution < -0.4 is 9.47 Å². The maximum absolute atomic E-state index is 12.0. The zero-order valence-corrected chi connectivity index (χ0v) is 80.0. The van der Waals surface area contributed by atoms with Crippen molar-refractivity contribution in [3.63, 3.8) is 0 Å². The second-order valence-electron chi connectivity index (χ2n) is 35.3. The quantitative estimate of drug-likeness (QED) is 0.0211. The van der Waals surface area contributed by atoms with Crippen molar-refractivity contribution in [2.24, 2.45) is 0 Å². The Morgan fingerprint density at radius 1 is 0.299 bits per heavy atom. The van der Waals surface area contributed by atoms with Crippen LogP contribution in [-0.2, 0) is 29.9 Å². The fourth-order valence-corrected chi connectivity index (χ4v) is 24.0. The van der Waals surface area contributed by atoms with Gasteiger partial charge in [0.25, 0.3) is 0 Å². The van der Waals surface area contributed by atoms with E-state index in [4.69, 9.17) is 27.7 Å². The number of benzene rings is 7. The number of ether oxygens (including phenoxy) is 4. The van der Waals surface area contributed by atoms with Crippen LogP contribution in [0.25, 0.3) is 117 Å². The monoisotopic (exact) mass is 1780 g/mol. The van der Waals surface area contributed by atoms with Crippen LogP contribution in [-0.4, -0.2) is 46.1 Å². The Balaban J connectivity index is 0.617. The van der Waals surface area contributed by atoms with Crippen LogP contribution >= 0.6 is 57.1 Å². The third-order valence-electron chi connectivity index (χ3n) is 26.4. The predicted octanol–water partition coefficient (Wildman–Crippen LogP) is 35.3. The SMILES string of the molecule is C=CC(C=C)OC(=O)CCCCCCCCCCCOc1ccc(-c2ccc(-c3ccc4c(c3)C(CCCCC)(CCCCC)c3cc(-c5ccc(-c6ccc(-c7ccc(-c8ccc9c(c8)C(CCCCC)(CCCCC)c8cc(-c%10ccc(-c%11ccc(OCCCCCCCCCCCC(=O)OC(C=C)C=C)cc%11)s%10)ccc8-9)s7)c7nsnc67)s5)ccc3-4)s2)cc1. The molecule has 7 aromatic carbocycles. The number of aromatic nitrogens is 2. The molecule has 664 valence electrons. The van der Waals surface area contributed by atoms with E-state index in [1.165, 1.54) is 270 Å². The number of nitrogens with zero attached hydrogens (tertiary/aromatic N) is 2. The van der Waals surface area contributed by atoms with Crippen molar-refractivity contribution in [1.82, 2.24) is 8.75 Å². The van der Waals surface area contributed by atoms with Gasteiger partial charge in [0.05, 0.1) is 24.9 Å². The standard InChI is InChI=1S/C114H132N2O6S5/c1-9-17-37-71-113(72-38-18-10-2)97-77-83(103-65-63-101(123-103)81-45-53-89(54-46-81)119-75-41-33-29-25-21-23-27-31-35-43-109(117)121-87(13-5)14-6)49-57-91(97)93-59-51-85(79-99(93)113)105-67-69-107(125-105)95-61-62-96(112-111(95)115-127-116-112)108-70-68-106(126-108)86-52-60-94-92-58-50-84(78-98(92)114(100(94)80-86,73-39-19-11-3)74-40-20-12-4)104-66-64-102(124-104)82-47-55-90(56-48-82)120-76-42-34-30-26-22-24-28-32-36-44-110(118)122-88(15-7)16-8/h13-16,45-70,77-80,87-88H,5-12,17-44,71-76H2,1-4H3. The van der Waals surface area contributed by atoms with Crippen LogP contribution in [0.1, 0.15) is 281 Å². The lowest BCUT2D eigenvalue weighted by Gasteiger charge is -2.33. The molecule has 0 saturated heterocycles. The van der Waals surface area contributed by atoms with Gasteiger partial charge in [0.2, 0.25) is 0 Å². The van der Waals surface area contributed by atoms with Crippen molar-refractivity contribution < 1.29 is 28.5 Å². The third-order valence-corrected chi connectivity index (χ3v) is 31.6. The summed E-state index contributed by atoms with van der Waals surface area (Å²) in [5.41, 5.74) is 23.3. The number of unbranched alkanes of at least 4 members (excludes halogenated alkanes) is 24. The van der Waals surface area contributed by atoms with E-state index in [0.29, 0.717) is 12.8 Å². The summed E-state index contributed by atoms with van der Waals surface area (Å²) in [6.07, 6.45) is 46.0. The average molecular weight is 1790 g/mol. The number of hydrogen-bond donors (Lipinski definition) is 0. The molecule has 2 aliphatic rings. The molecule has 0 bridgehead atoms. The first-order chi connectivity index (χ1) is 62.4. The van der Waals surface area contributed by atoms with Gasteiger partial charge in [-0.2, -0.15) is 8.75 Å². The van der Waals surface area contributed by atoms with Crippen LogP contribution in [0.5, 0.6) is 11.5 Å². The summed E-state index contributed by atoms with van der Waals surface area (Å²) < 4.78 is 33.4. The number of hydrogen-bond acceptors (Lipinski definition) is 13. The van der Waals surface area contributed by atoms with E-state index in [9.17, 15) is 9.59 Å². The van der Waals surface area contributed by atoms with Gasteiger partial charge < -0.3 is 18.9 Å². The second kappa shape index (κ2) is 47.3. The lowest BCUT2D eigenvalue weighted by molar-refractivity contribution is -0.146. The van der Waals surface area contributed by atoms with Crippen molar-refractivity contribution in [2.45, 2.75) is 282 Å². The van der Waals surface area contributed by atoms with E-state index in [0.717, 1.165) is 124 Å². The average Bonchev–Trinajstić information content (AvgIpc) is 1.56. The van der Waals surface area contributed by atoms with Crippen molar-refractivity contribution >= 4 is 80.0 Å². The van der Waals surface area contributed by atoms with Crippen LogP contribution in [0, 0.1) is 0 Å². The molecule has 0 radical (unpaired) electrons. The molecule has 0 atom stereocenters. The number of carbonyl (C=O) groups excluding carboxylic acids is 2. The Kier molecular flexibility index (Phi) is 34.9. The van der Waals surface area contributed by atoms with Crippen LogP contribution in [0.4, 0.5) is 0 Å². The summed E-state index contributed by atoms with van der Waals surface area (Å²) in [6.45, 7) is 25.6. The van der Waals surface area contributed by atoms with Gasteiger partial charge in [-0.3, -0.25) is 9.59 Å². The van der Waals surface area contributed by atoms with E-state index in [2.05, 4.69) is 236 Å². The maximum atomic E-state index is 12.0. The lowest BCUT2D eigenvalue weighted by atomic mass is 9.70. The largest absolute Gasteiger partial charge is 0.494 e. The first kappa shape index (κ1) is 93.8. The van der Waals surface area contributed by atoms with Gasteiger partial charge in [-0.1, -0.05) is 282 Å². The first-order valence-electron chi connectivity index (χ1n) is 48.0.